The summed E-state index contributed by atoms with van der Waals surface area (Å²) in [5, 5.41) is 18.4. The maximum Gasteiger partial charge on any atom is 0.322 e. The average Bonchev–Trinajstić information content (AvgIpc) is 2.73. The van der Waals surface area contributed by atoms with E-state index in [2.05, 4.69) is 0 Å². The van der Waals surface area contributed by atoms with E-state index in [0.717, 1.165) is 10.7 Å². The van der Waals surface area contributed by atoms with E-state index in [-0.39, 0.29) is 17.0 Å². The molecular weight excluding hydrogens is 292 g/mol. The van der Waals surface area contributed by atoms with Gasteiger partial charge in [-0.3, -0.25) is 4.79 Å². The molecule has 2 rings (SSSR count). The van der Waals surface area contributed by atoms with Crippen LogP contribution < -0.4 is 0 Å². The summed E-state index contributed by atoms with van der Waals surface area (Å²) in [5.41, 5.74) is 0.0332. The van der Waals surface area contributed by atoms with Gasteiger partial charge in [0.15, 0.2) is 0 Å². The van der Waals surface area contributed by atoms with Crippen molar-refractivity contribution in [1.82, 2.24) is 4.31 Å². The lowest BCUT2D eigenvalue weighted by molar-refractivity contribution is -0.141. The quantitative estimate of drug-likeness (QED) is 0.914. The third-order valence-electron chi connectivity index (χ3n) is 3.58. The van der Waals surface area contributed by atoms with Crippen molar-refractivity contribution in [2.24, 2.45) is 0 Å². The highest BCUT2D eigenvalue weighted by Crippen LogP contribution is 2.26. The van der Waals surface area contributed by atoms with Gasteiger partial charge in [0.25, 0.3) is 0 Å². The standard InChI is InChI=1S/C14H16N2O4S/c15-10-11-6-3-4-8-13(11)21(19,20)16-9-5-1-2-7-12(16)14(17)18/h3-4,6,8,12H,1-2,5,7,9H2,(H,17,18). The van der Waals surface area contributed by atoms with Gasteiger partial charge < -0.3 is 5.11 Å². The van der Waals surface area contributed by atoms with Crippen molar-refractivity contribution in [3.63, 3.8) is 0 Å². The predicted octanol–water partition coefficient (Wildman–Crippen LogP) is 1.58. The fourth-order valence-electron chi connectivity index (χ4n) is 2.53. The lowest BCUT2D eigenvalue weighted by Crippen LogP contribution is -2.44. The van der Waals surface area contributed by atoms with Crippen LogP contribution in [0, 0.1) is 11.3 Å². The van der Waals surface area contributed by atoms with E-state index in [9.17, 15) is 18.3 Å². The molecule has 1 aromatic rings. The molecule has 1 heterocycles. The maximum atomic E-state index is 12.7. The van der Waals surface area contributed by atoms with E-state index >= 15 is 0 Å². The zero-order valence-electron chi connectivity index (χ0n) is 11.4. The molecule has 112 valence electrons. The van der Waals surface area contributed by atoms with Crippen LogP contribution in [0.1, 0.15) is 31.2 Å². The summed E-state index contributed by atoms with van der Waals surface area (Å²) in [4.78, 5) is 11.3. The van der Waals surface area contributed by atoms with E-state index in [4.69, 9.17) is 5.26 Å². The van der Waals surface area contributed by atoms with Crippen LogP contribution in [0.2, 0.25) is 0 Å². The summed E-state index contributed by atoms with van der Waals surface area (Å²) < 4.78 is 26.5. The van der Waals surface area contributed by atoms with Crippen LogP contribution in [0.4, 0.5) is 0 Å². The summed E-state index contributed by atoms with van der Waals surface area (Å²) in [5.74, 6) is -1.14. The molecule has 6 nitrogen and oxygen atoms in total. The fourth-order valence-corrected chi connectivity index (χ4v) is 4.32. The minimum atomic E-state index is -3.99. The number of aliphatic carboxylic acids is 1. The molecule has 7 heteroatoms. The molecular formula is C14H16N2O4S. The van der Waals surface area contributed by atoms with Crippen LogP contribution in [-0.2, 0) is 14.8 Å². The van der Waals surface area contributed by atoms with Crippen molar-refractivity contribution in [2.45, 2.75) is 36.6 Å². The molecule has 0 amide bonds. The normalized spacial score (nSPS) is 20.4. The second-order valence-electron chi connectivity index (χ2n) is 4.93. The molecule has 0 spiro atoms. The summed E-state index contributed by atoms with van der Waals surface area (Å²) in [6.07, 6.45) is 2.40. The van der Waals surface area contributed by atoms with Gasteiger partial charge in [-0.25, -0.2) is 8.42 Å². The second kappa shape index (κ2) is 6.24. The van der Waals surface area contributed by atoms with Gasteiger partial charge in [-0.1, -0.05) is 25.0 Å². The van der Waals surface area contributed by atoms with Crippen molar-refractivity contribution < 1.29 is 18.3 Å². The first-order valence-corrected chi connectivity index (χ1v) is 8.16. The Morgan fingerprint density at radius 3 is 2.67 bits per heavy atom. The molecule has 1 unspecified atom stereocenters. The molecule has 0 radical (unpaired) electrons. The highest BCUT2D eigenvalue weighted by molar-refractivity contribution is 7.89. The van der Waals surface area contributed by atoms with Gasteiger partial charge in [-0.05, 0) is 25.0 Å². The number of rotatable bonds is 3. The van der Waals surface area contributed by atoms with E-state index in [0.29, 0.717) is 19.3 Å². The minimum Gasteiger partial charge on any atom is -0.480 e. The topological polar surface area (TPSA) is 98.5 Å². The van der Waals surface area contributed by atoms with Crippen LogP contribution in [0.3, 0.4) is 0 Å². The SMILES string of the molecule is N#Cc1ccccc1S(=O)(=O)N1CCCCCC1C(=O)O. The molecule has 1 saturated heterocycles. The molecule has 1 aliphatic rings. The monoisotopic (exact) mass is 308 g/mol. The Hall–Kier alpha value is -1.91. The van der Waals surface area contributed by atoms with E-state index in [1.54, 1.807) is 6.07 Å². The zero-order chi connectivity index (χ0) is 15.5. The number of nitriles is 1. The number of nitrogens with zero attached hydrogens (tertiary/aromatic N) is 2. The smallest absolute Gasteiger partial charge is 0.322 e. The Morgan fingerprint density at radius 1 is 1.29 bits per heavy atom. The molecule has 0 saturated carbocycles. The van der Waals surface area contributed by atoms with E-state index in [1.165, 1.54) is 18.2 Å². The Kier molecular flexibility index (Phi) is 4.60. The Morgan fingerprint density at radius 2 is 2.00 bits per heavy atom. The number of sulfonamides is 1. The van der Waals surface area contributed by atoms with Gasteiger partial charge in [-0.2, -0.15) is 9.57 Å². The molecule has 1 fully saturated rings. The first kappa shape index (κ1) is 15.5. The van der Waals surface area contributed by atoms with Gasteiger partial charge >= 0.3 is 5.97 Å². The van der Waals surface area contributed by atoms with Crippen LogP contribution in [0.25, 0.3) is 0 Å². The number of hydrogen-bond donors (Lipinski definition) is 1. The lowest BCUT2D eigenvalue weighted by Gasteiger charge is -2.26. The van der Waals surface area contributed by atoms with Crippen LogP contribution in [0.5, 0.6) is 0 Å². The molecule has 0 aromatic heterocycles. The second-order valence-corrected chi connectivity index (χ2v) is 6.79. The zero-order valence-corrected chi connectivity index (χ0v) is 12.2. The van der Waals surface area contributed by atoms with Gasteiger partial charge in [0.05, 0.1) is 10.5 Å². The molecule has 21 heavy (non-hydrogen) atoms. The number of benzene rings is 1. The molecule has 1 atom stereocenters. The molecule has 1 aromatic carbocycles. The number of carbonyl (C=O) groups is 1. The first-order valence-electron chi connectivity index (χ1n) is 6.72. The summed E-state index contributed by atoms with van der Waals surface area (Å²) in [7, 11) is -3.99. The first-order chi connectivity index (χ1) is 9.98. The van der Waals surface area contributed by atoms with E-state index < -0.39 is 22.0 Å². The Labute approximate surface area is 123 Å². The molecule has 0 aliphatic carbocycles. The molecule has 1 aliphatic heterocycles. The Bertz CT molecular complexity index is 678. The summed E-state index contributed by atoms with van der Waals surface area (Å²) >= 11 is 0. The largest absolute Gasteiger partial charge is 0.480 e. The number of carboxylic acids is 1. The maximum absolute atomic E-state index is 12.7. The van der Waals surface area contributed by atoms with Crippen LogP contribution in [-0.4, -0.2) is 36.4 Å². The van der Waals surface area contributed by atoms with Gasteiger partial charge in [0, 0.05) is 6.54 Å². The van der Waals surface area contributed by atoms with Crippen molar-refractivity contribution in [3.05, 3.63) is 29.8 Å². The van der Waals surface area contributed by atoms with Crippen LogP contribution in [0.15, 0.2) is 29.2 Å². The Balaban J connectivity index is 2.50. The predicted molar refractivity (Wildman–Crippen MR) is 74.9 cm³/mol. The minimum absolute atomic E-state index is 0.0332. The van der Waals surface area contributed by atoms with E-state index in [1.807, 2.05) is 6.07 Å². The van der Waals surface area contributed by atoms with Crippen molar-refractivity contribution in [1.29, 1.82) is 5.26 Å². The highest BCUT2D eigenvalue weighted by atomic mass is 32.2. The average molecular weight is 308 g/mol. The lowest BCUT2D eigenvalue weighted by atomic mass is 10.1. The highest BCUT2D eigenvalue weighted by Gasteiger charge is 2.37. The summed E-state index contributed by atoms with van der Waals surface area (Å²) in [6, 6.07) is 6.65. The number of hydrogen-bond acceptors (Lipinski definition) is 4. The third-order valence-corrected chi connectivity index (χ3v) is 5.55. The fraction of sp³-hybridized carbons (Fsp3) is 0.429. The van der Waals surface area contributed by atoms with Gasteiger partial charge in [0.1, 0.15) is 12.1 Å². The molecule has 1 N–H and O–H groups in total. The number of carboxylic acid groups (broad SMARTS) is 1. The molecule has 0 bridgehead atoms. The van der Waals surface area contributed by atoms with Gasteiger partial charge in [-0.15, -0.1) is 0 Å². The van der Waals surface area contributed by atoms with Gasteiger partial charge in [0.2, 0.25) is 10.0 Å². The van der Waals surface area contributed by atoms with Crippen molar-refractivity contribution >= 4 is 16.0 Å². The van der Waals surface area contributed by atoms with Crippen LogP contribution >= 0.6 is 0 Å². The summed E-state index contributed by atoms with van der Waals surface area (Å²) in [6.45, 7) is 0.166. The van der Waals surface area contributed by atoms with Crippen molar-refractivity contribution in [2.75, 3.05) is 6.54 Å². The third kappa shape index (κ3) is 3.06. The van der Waals surface area contributed by atoms with Crippen molar-refractivity contribution in [3.8, 4) is 6.07 Å².